The van der Waals surface area contributed by atoms with Crippen molar-refractivity contribution in [2.75, 3.05) is 0 Å². The van der Waals surface area contributed by atoms with Crippen molar-refractivity contribution in [2.45, 2.75) is 5.78 Å². The van der Waals surface area contributed by atoms with E-state index in [1.807, 2.05) is 103 Å². The lowest BCUT2D eigenvalue weighted by molar-refractivity contribution is -0.0000219. The van der Waals surface area contributed by atoms with Crippen molar-refractivity contribution in [1.82, 2.24) is 5.32 Å². The van der Waals surface area contributed by atoms with Gasteiger partial charge in [-0.3, -0.25) is 9.59 Å². The van der Waals surface area contributed by atoms with E-state index in [-0.39, 0.29) is 24.1 Å². The molecule has 5 rings (SSSR count). The zero-order valence-corrected chi connectivity index (χ0v) is 22.3. The van der Waals surface area contributed by atoms with Gasteiger partial charge < -0.3 is 17.7 Å². The second-order valence-electron chi connectivity index (χ2n) is 8.70. The summed E-state index contributed by atoms with van der Waals surface area (Å²) in [6.45, 7) is 0. The summed E-state index contributed by atoms with van der Waals surface area (Å²) in [7, 11) is -2.74. The van der Waals surface area contributed by atoms with Crippen LogP contribution in [0.4, 0.5) is 0 Å². The van der Waals surface area contributed by atoms with E-state index in [2.05, 4.69) is 41.7 Å². The molecule has 0 saturated carbocycles. The molecule has 0 aliphatic heterocycles. The third kappa shape index (κ3) is 5.31. The van der Waals surface area contributed by atoms with E-state index in [9.17, 15) is 9.59 Å². The maximum absolute atomic E-state index is 14.5. The molecule has 1 unspecified atom stereocenters. The monoisotopic (exact) mass is 535 g/mol. The SMILES string of the molecule is O=C(NC(C(=O)c1ccccc1)[P+](c1ccccc1)(c1ccccc1)c1ccccc1)c1ccccc1.[Cl-]. The molecule has 0 aliphatic carbocycles. The van der Waals surface area contributed by atoms with Gasteiger partial charge in [-0.15, -0.1) is 0 Å². The number of halogens is 1. The summed E-state index contributed by atoms with van der Waals surface area (Å²) >= 11 is 0. The van der Waals surface area contributed by atoms with E-state index in [0.717, 1.165) is 15.9 Å². The lowest BCUT2D eigenvalue weighted by Gasteiger charge is -2.34. The molecule has 5 aromatic rings. The normalized spacial score (nSPS) is 11.6. The lowest BCUT2D eigenvalue weighted by Crippen LogP contribution is -3.00. The third-order valence-corrected chi connectivity index (χ3v) is 11.0. The molecule has 3 nitrogen and oxygen atoms in total. The second-order valence-corrected chi connectivity index (χ2v) is 12.2. The van der Waals surface area contributed by atoms with E-state index in [4.69, 9.17) is 0 Å². The first-order valence-corrected chi connectivity index (χ1v) is 14.1. The van der Waals surface area contributed by atoms with Gasteiger partial charge in [0.1, 0.15) is 23.2 Å². The van der Waals surface area contributed by atoms with Crippen LogP contribution in [0, 0.1) is 0 Å². The van der Waals surface area contributed by atoms with Gasteiger partial charge in [-0.2, -0.15) is 0 Å². The van der Waals surface area contributed by atoms with Gasteiger partial charge in [0.15, 0.2) is 0 Å². The summed E-state index contributed by atoms with van der Waals surface area (Å²) < 4.78 is 0. The summed E-state index contributed by atoms with van der Waals surface area (Å²) in [6, 6.07) is 48.7. The highest BCUT2D eigenvalue weighted by Crippen LogP contribution is 2.59. The highest BCUT2D eigenvalue weighted by molar-refractivity contribution is 7.96. The number of carbonyl (C=O) groups is 2. The largest absolute Gasteiger partial charge is 1.00 e. The average Bonchev–Trinajstić information content (AvgIpc) is 2.99. The number of nitrogens with one attached hydrogen (secondary N) is 1. The van der Waals surface area contributed by atoms with Crippen LogP contribution >= 0.6 is 7.26 Å². The highest BCUT2D eigenvalue weighted by Gasteiger charge is 2.56. The van der Waals surface area contributed by atoms with Crippen LogP contribution in [0.2, 0.25) is 0 Å². The van der Waals surface area contributed by atoms with E-state index < -0.39 is 13.0 Å². The Kier molecular flexibility index (Phi) is 8.86. The number of amides is 1. The van der Waals surface area contributed by atoms with Crippen molar-refractivity contribution >= 4 is 34.9 Å². The van der Waals surface area contributed by atoms with Gasteiger partial charge in [-0.25, -0.2) is 0 Å². The molecule has 0 aliphatic rings. The zero-order chi connectivity index (χ0) is 25.5. The van der Waals surface area contributed by atoms with E-state index >= 15 is 0 Å². The molecule has 0 heterocycles. The molecular weight excluding hydrogens is 509 g/mol. The van der Waals surface area contributed by atoms with Gasteiger partial charge in [-0.05, 0) is 48.5 Å². The van der Waals surface area contributed by atoms with Crippen molar-refractivity contribution in [2.24, 2.45) is 0 Å². The van der Waals surface area contributed by atoms with Crippen LogP contribution in [-0.2, 0) is 0 Å². The molecule has 1 N–H and O–H groups in total. The summed E-state index contributed by atoms with van der Waals surface area (Å²) in [5.74, 6) is -1.22. The Labute approximate surface area is 230 Å². The summed E-state index contributed by atoms with van der Waals surface area (Å²) in [5, 5.41) is 6.30. The zero-order valence-electron chi connectivity index (χ0n) is 20.7. The molecule has 5 heteroatoms. The molecule has 0 bridgehead atoms. The molecule has 0 aromatic heterocycles. The van der Waals surface area contributed by atoms with Crippen molar-refractivity contribution in [3.05, 3.63) is 163 Å². The number of hydrogen-bond acceptors (Lipinski definition) is 2. The Balaban J connectivity index is 0.00000336. The Morgan fingerprint density at radius 3 is 1.16 bits per heavy atom. The standard InChI is InChI=1S/C33H26NO2P.ClH/c35-31(26-16-6-1-7-17-26)33(34-32(36)27-18-8-2-9-19-27)37(28-20-10-3-11-21-28,29-22-12-4-13-23-29)30-24-14-5-15-25-30;/h1-25,33H;1H. The topological polar surface area (TPSA) is 46.2 Å². The molecule has 1 atom stereocenters. The molecule has 38 heavy (non-hydrogen) atoms. The Hall–Kier alpha value is -4.04. The predicted molar refractivity (Wildman–Crippen MR) is 154 cm³/mol. The smallest absolute Gasteiger partial charge is 0.254 e. The summed E-state index contributed by atoms with van der Waals surface area (Å²) in [6.07, 6.45) is 0. The minimum atomic E-state index is -2.74. The van der Waals surface area contributed by atoms with Gasteiger partial charge in [0.05, 0.1) is 0 Å². The molecule has 1 amide bonds. The Morgan fingerprint density at radius 1 is 0.474 bits per heavy atom. The number of carbonyl (C=O) groups excluding carboxylic acids is 2. The molecule has 0 fully saturated rings. The fraction of sp³-hybridized carbons (Fsp3) is 0.0303. The molecular formula is C33H27ClNO2P. The van der Waals surface area contributed by atoms with Crippen molar-refractivity contribution in [3.8, 4) is 0 Å². The van der Waals surface area contributed by atoms with Gasteiger partial charge in [0.2, 0.25) is 11.6 Å². The number of rotatable bonds is 8. The first-order valence-electron chi connectivity index (χ1n) is 12.2. The fourth-order valence-corrected chi connectivity index (χ4v) is 9.31. The second kappa shape index (κ2) is 12.5. The molecule has 0 radical (unpaired) electrons. The van der Waals surface area contributed by atoms with Crippen LogP contribution in [0.5, 0.6) is 0 Å². The van der Waals surface area contributed by atoms with Crippen LogP contribution in [-0.4, -0.2) is 17.5 Å². The van der Waals surface area contributed by atoms with E-state index in [0.29, 0.717) is 11.1 Å². The number of hydrogen-bond donors (Lipinski definition) is 1. The summed E-state index contributed by atoms with van der Waals surface area (Å²) in [5.41, 5.74) is 1.08. The average molecular weight is 536 g/mol. The lowest BCUT2D eigenvalue weighted by atomic mass is 10.1. The third-order valence-electron chi connectivity index (χ3n) is 6.49. The highest BCUT2D eigenvalue weighted by atomic mass is 35.5. The van der Waals surface area contributed by atoms with Crippen LogP contribution in [0.3, 0.4) is 0 Å². The van der Waals surface area contributed by atoms with Crippen LogP contribution < -0.4 is 33.6 Å². The summed E-state index contributed by atoms with van der Waals surface area (Å²) in [4.78, 5) is 28.2. The van der Waals surface area contributed by atoms with Crippen LogP contribution in [0.25, 0.3) is 0 Å². The van der Waals surface area contributed by atoms with Crippen molar-refractivity contribution in [3.63, 3.8) is 0 Å². The Morgan fingerprint density at radius 2 is 0.789 bits per heavy atom. The van der Waals surface area contributed by atoms with Gasteiger partial charge in [0.25, 0.3) is 5.91 Å². The van der Waals surface area contributed by atoms with Gasteiger partial charge >= 0.3 is 0 Å². The number of benzene rings is 5. The maximum Gasteiger partial charge on any atom is 0.254 e. The van der Waals surface area contributed by atoms with E-state index in [1.165, 1.54) is 0 Å². The first kappa shape index (κ1) is 27.0. The predicted octanol–water partition coefficient (Wildman–Crippen LogP) is 2.62. The van der Waals surface area contributed by atoms with Gasteiger partial charge in [-0.1, -0.05) is 103 Å². The first-order chi connectivity index (χ1) is 18.2. The molecule has 5 aromatic carbocycles. The molecule has 0 saturated heterocycles. The number of ketones is 1. The minimum absolute atomic E-state index is 0. The maximum atomic E-state index is 14.5. The quantitative estimate of drug-likeness (QED) is 0.245. The minimum Gasteiger partial charge on any atom is -1.00 e. The fourth-order valence-electron chi connectivity index (χ4n) is 4.78. The van der Waals surface area contributed by atoms with Crippen LogP contribution in [0.1, 0.15) is 20.7 Å². The molecule has 0 spiro atoms. The molecule has 188 valence electrons. The number of Topliss-reactive ketones (excluding diaryl/α,β-unsaturated/α-hetero) is 1. The Bertz CT molecular complexity index is 1370. The van der Waals surface area contributed by atoms with Crippen LogP contribution in [0.15, 0.2) is 152 Å². The van der Waals surface area contributed by atoms with E-state index in [1.54, 1.807) is 12.1 Å². The van der Waals surface area contributed by atoms with Gasteiger partial charge in [0, 0.05) is 11.1 Å². The van der Waals surface area contributed by atoms with Crippen molar-refractivity contribution in [1.29, 1.82) is 0 Å². The van der Waals surface area contributed by atoms with Crippen molar-refractivity contribution < 1.29 is 22.0 Å².